The van der Waals surface area contributed by atoms with E-state index in [1.807, 2.05) is 13.2 Å². The summed E-state index contributed by atoms with van der Waals surface area (Å²) in [7, 11) is 1.98. The molecule has 1 aromatic heterocycles. The Morgan fingerprint density at radius 2 is 2.00 bits per heavy atom. The van der Waals surface area contributed by atoms with Gasteiger partial charge in [0, 0.05) is 25.0 Å². The Hall–Kier alpha value is -1.16. The average molecular weight is 276 g/mol. The smallest absolute Gasteiger partial charge is 0.131 e. The average Bonchev–Trinajstić information content (AvgIpc) is 3.20. The zero-order valence-electron chi connectivity index (χ0n) is 13.5. The lowest BCUT2D eigenvalue weighted by molar-refractivity contribution is 0.600. The first-order chi connectivity index (χ1) is 9.52. The van der Waals surface area contributed by atoms with E-state index < -0.39 is 0 Å². The van der Waals surface area contributed by atoms with E-state index in [2.05, 4.69) is 42.9 Å². The van der Waals surface area contributed by atoms with Crippen molar-refractivity contribution in [3.05, 3.63) is 17.7 Å². The summed E-state index contributed by atoms with van der Waals surface area (Å²) in [5, 5.41) is 3.24. The fraction of sp³-hybridized carbons (Fsp3) is 0.750. The second kappa shape index (κ2) is 6.53. The Balaban J connectivity index is 2.31. The molecule has 1 aromatic rings. The summed E-state index contributed by atoms with van der Waals surface area (Å²) in [6.45, 7) is 10.7. The molecule has 0 unspecified atom stereocenters. The summed E-state index contributed by atoms with van der Waals surface area (Å²) >= 11 is 0. The number of rotatable bonds is 7. The van der Waals surface area contributed by atoms with Gasteiger partial charge in [-0.25, -0.2) is 9.97 Å². The first-order valence-corrected chi connectivity index (χ1v) is 7.80. The van der Waals surface area contributed by atoms with Crippen LogP contribution in [-0.4, -0.2) is 29.6 Å². The van der Waals surface area contributed by atoms with Crippen LogP contribution in [0.3, 0.4) is 0 Å². The lowest BCUT2D eigenvalue weighted by Crippen LogP contribution is -2.32. The number of anilines is 1. The molecule has 0 aromatic carbocycles. The number of nitrogens with one attached hydrogen (secondary N) is 1. The monoisotopic (exact) mass is 276 g/mol. The van der Waals surface area contributed by atoms with E-state index in [9.17, 15) is 0 Å². The van der Waals surface area contributed by atoms with E-state index in [-0.39, 0.29) is 0 Å². The van der Waals surface area contributed by atoms with Crippen molar-refractivity contribution in [3.63, 3.8) is 0 Å². The molecule has 0 spiro atoms. The van der Waals surface area contributed by atoms with Crippen LogP contribution in [0.15, 0.2) is 6.20 Å². The van der Waals surface area contributed by atoms with E-state index in [1.165, 1.54) is 18.5 Å². The van der Waals surface area contributed by atoms with Crippen molar-refractivity contribution >= 4 is 5.69 Å². The molecule has 0 atom stereocenters. The molecule has 0 aliphatic heterocycles. The van der Waals surface area contributed by atoms with E-state index in [1.54, 1.807) is 0 Å². The molecule has 0 radical (unpaired) electrons. The van der Waals surface area contributed by atoms with Crippen LogP contribution in [0.5, 0.6) is 0 Å². The van der Waals surface area contributed by atoms with Gasteiger partial charge in [0.15, 0.2) is 0 Å². The van der Waals surface area contributed by atoms with Crippen LogP contribution in [0.2, 0.25) is 0 Å². The Labute approximate surface area is 123 Å². The molecule has 1 fully saturated rings. The first kappa shape index (κ1) is 15.2. The maximum Gasteiger partial charge on any atom is 0.131 e. The number of hydrogen-bond donors (Lipinski definition) is 1. The van der Waals surface area contributed by atoms with Crippen molar-refractivity contribution in [1.29, 1.82) is 0 Å². The number of hydrogen-bond acceptors (Lipinski definition) is 4. The van der Waals surface area contributed by atoms with Crippen LogP contribution in [0.25, 0.3) is 0 Å². The van der Waals surface area contributed by atoms with Gasteiger partial charge in [-0.1, -0.05) is 27.7 Å². The molecule has 0 bridgehead atoms. The third kappa shape index (κ3) is 3.69. The van der Waals surface area contributed by atoms with Crippen LogP contribution in [0.4, 0.5) is 5.69 Å². The second-order valence-corrected chi connectivity index (χ2v) is 6.52. The molecule has 1 saturated carbocycles. The molecule has 1 aliphatic rings. The van der Waals surface area contributed by atoms with Gasteiger partial charge in [-0.15, -0.1) is 0 Å². The minimum atomic E-state index is 0.374. The SMILES string of the molecule is CNCc1nc(C(C)C)ncc1N(CC(C)C)C1CC1. The molecule has 1 heterocycles. The zero-order valence-corrected chi connectivity index (χ0v) is 13.5. The van der Waals surface area contributed by atoms with Crippen LogP contribution < -0.4 is 10.2 Å². The number of aromatic nitrogens is 2. The summed E-state index contributed by atoms with van der Waals surface area (Å²) in [6, 6.07) is 0.696. The van der Waals surface area contributed by atoms with Gasteiger partial charge in [0.2, 0.25) is 0 Å². The van der Waals surface area contributed by atoms with Crippen molar-refractivity contribution in [2.75, 3.05) is 18.5 Å². The maximum atomic E-state index is 4.79. The molecule has 4 nitrogen and oxygen atoms in total. The predicted octanol–water partition coefficient (Wildman–Crippen LogP) is 2.94. The third-order valence-electron chi connectivity index (χ3n) is 3.58. The lowest BCUT2D eigenvalue weighted by atomic mass is 10.1. The molecule has 2 rings (SSSR count). The second-order valence-electron chi connectivity index (χ2n) is 6.52. The van der Waals surface area contributed by atoms with Gasteiger partial charge in [0.05, 0.1) is 17.6 Å². The standard InChI is InChI=1S/C16H28N4/c1-11(2)10-20(13-6-7-13)15-9-18-16(12(3)4)19-14(15)8-17-5/h9,11-13,17H,6-8,10H2,1-5H3. The minimum Gasteiger partial charge on any atom is -0.366 e. The molecule has 4 heteroatoms. The first-order valence-electron chi connectivity index (χ1n) is 7.80. The lowest BCUT2D eigenvalue weighted by Gasteiger charge is -2.28. The Morgan fingerprint density at radius 1 is 1.30 bits per heavy atom. The van der Waals surface area contributed by atoms with Crippen molar-refractivity contribution in [3.8, 4) is 0 Å². The van der Waals surface area contributed by atoms with Crippen LogP contribution in [-0.2, 0) is 6.54 Å². The molecule has 1 N–H and O–H groups in total. The molecule has 1 aliphatic carbocycles. The molecular weight excluding hydrogens is 248 g/mol. The van der Waals surface area contributed by atoms with Crippen molar-refractivity contribution in [2.45, 2.75) is 59.0 Å². The highest BCUT2D eigenvalue weighted by Crippen LogP contribution is 2.33. The number of nitrogens with zero attached hydrogens (tertiary/aromatic N) is 3. The van der Waals surface area contributed by atoms with Gasteiger partial charge in [-0.2, -0.15) is 0 Å². The highest BCUT2D eigenvalue weighted by Gasteiger charge is 2.31. The van der Waals surface area contributed by atoms with Crippen LogP contribution in [0.1, 0.15) is 58.0 Å². The summed E-state index contributed by atoms with van der Waals surface area (Å²) in [5.41, 5.74) is 2.36. The summed E-state index contributed by atoms with van der Waals surface area (Å²) in [4.78, 5) is 11.9. The third-order valence-corrected chi connectivity index (χ3v) is 3.58. The fourth-order valence-electron chi connectivity index (χ4n) is 2.47. The molecule has 112 valence electrons. The quantitative estimate of drug-likeness (QED) is 0.831. The van der Waals surface area contributed by atoms with Gasteiger partial charge in [-0.05, 0) is 25.8 Å². The Morgan fingerprint density at radius 3 is 2.50 bits per heavy atom. The zero-order chi connectivity index (χ0) is 14.7. The van der Waals surface area contributed by atoms with E-state index >= 15 is 0 Å². The highest BCUT2D eigenvalue weighted by molar-refractivity contribution is 5.51. The van der Waals surface area contributed by atoms with Gasteiger partial charge in [-0.3, -0.25) is 0 Å². The molecule has 0 saturated heterocycles. The largest absolute Gasteiger partial charge is 0.366 e. The van der Waals surface area contributed by atoms with Crippen LogP contribution in [0, 0.1) is 5.92 Å². The molecule has 20 heavy (non-hydrogen) atoms. The molecule has 0 amide bonds. The van der Waals surface area contributed by atoms with E-state index in [4.69, 9.17) is 4.98 Å². The topological polar surface area (TPSA) is 41.1 Å². The summed E-state index contributed by atoms with van der Waals surface area (Å²) in [5.74, 6) is 1.97. The summed E-state index contributed by atoms with van der Waals surface area (Å²) < 4.78 is 0. The van der Waals surface area contributed by atoms with Gasteiger partial charge < -0.3 is 10.2 Å². The molecular formula is C16H28N4. The Kier molecular flexibility index (Phi) is 4.97. The normalized spacial score (nSPS) is 15.2. The van der Waals surface area contributed by atoms with E-state index in [0.717, 1.165) is 24.6 Å². The highest BCUT2D eigenvalue weighted by atomic mass is 15.2. The van der Waals surface area contributed by atoms with Crippen molar-refractivity contribution in [2.24, 2.45) is 5.92 Å². The van der Waals surface area contributed by atoms with E-state index in [0.29, 0.717) is 17.9 Å². The van der Waals surface area contributed by atoms with Crippen LogP contribution >= 0.6 is 0 Å². The van der Waals surface area contributed by atoms with Crippen molar-refractivity contribution < 1.29 is 0 Å². The van der Waals surface area contributed by atoms with Gasteiger partial charge >= 0.3 is 0 Å². The fourth-order valence-corrected chi connectivity index (χ4v) is 2.47. The van der Waals surface area contributed by atoms with Gasteiger partial charge in [0.25, 0.3) is 0 Å². The Bertz CT molecular complexity index is 438. The van der Waals surface area contributed by atoms with Gasteiger partial charge in [0.1, 0.15) is 5.82 Å². The predicted molar refractivity (Wildman–Crippen MR) is 84.1 cm³/mol. The summed E-state index contributed by atoms with van der Waals surface area (Å²) in [6.07, 6.45) is 4.64. The minimum absolute atomic E-state index is 0.374. The maximum absolute atomic E-state index is 4.79. The van der Waals surface area contributed by atoms with Crippen molar-refractivity contribution in [1.82, 2.24) is 15.3 Å².